The van der Waals surface area contributed by atoms with E-state index in [9.17, 15) is 14.7 Å². The number of phenols is 1. The maximum atomic E-state index is 13.6. The van der Waals surface area contributed by atoms with Crippen molar-refractivity contribution in [2.75, 3.05) is 20.1 Å². The number of aryl methyl sites for hydroxylation is 1. The molecule has 3 heterocycles. The summed E-state index contributed by atoms with van der Waals surface area (Å²) in [7, 11) is 3.73. The molecule has 6 rings (SSSR count). The molecule has 1 saturated carbocycles. The lowest BCUT2D eigenvalue weighted by Gasteiger charge is -2.34. The third-order valence-corrected chi connectivity index (χ3v) is 8.37. The number of hydrogen-bond acceptors (Lipinski definition) is 5. The first-order valence-electron chi connectivity index (χ1n) is 14.5. The predicted molar refractivity (Wildman–Crippen MR) is 159 cm³/mol. The van der Waals surface area contributed by atoms with Crippen LogP contribution in [0.4, 0.5) is 4.79 Å². The number of imidazole rings is 1. The number of carbonyl (C=O) groups excluding carboxylic acids is 2. The number of benzene rings is 2. The van der Waals surface area contributed by atoms with Gasteiger partial charge in [0.05, 0.1) is 22.2 Å². The SMILES string of the molecule is C[C@H](CN1CCc2cc3c(cc2C1=O)nc(-c1cc2cccc(O)c2n1CC1CC1)n3C)N(C)C(=O)OC(C)(C)C. The molecule has 1 N–H and O–H groups in total. The van der Waals surface area contributed by atoms with Crippen LogP contribution in [-0.2, 0) is 24.8 Å². The average Bonchev–Trinajstić information content (AvgIpc) is 3.57. The van der Waals surface area contributed by atoms with Gasteiger partial charge < -0.3 is 28.8 Å². The van der Waals surface area contributed by atoms with Gasteiger partial charge in [0.1, 0.15) is 11.4 Å². The molecule has 216 valence electrons. The fraction of sp³-hybridized carbons (Fsp3) is 0.469. The molecule has 1 aliphatic carbocycles. The quantitative estimate of drug-likeness (QED) is 0.335. The summed E-state index contributed by atoms with van der Waals surface area (Å²) in [5.74, 6) is 1.67. The number of rotatable bonds is 6. The van der Waals surface area contributed by atoms with Crippen LogP contribution in [0, 0.1) is 5.92 Å². The van der Waals surface area contributed by atoms with Gasteiger partial charge in [-0.25, -0.2) is 9.78 Å². The molecule has 2 aromatic carbocycles. The van der Waals surface area contributed by atoms with Gasteiger partial charge in [-0.1, -0.05) is 12.1 Å². The number of nitrogens with zero attached hydrogens (tertiary/aromatic N) is 5. The highest BCUT2D eigenvalue weighted by Gasteiger charge is 2.31. The maximum Gasteiger partial charge on any atom is 0.410 e. The number of phenolic OH excluding ortho intramolecular Hbond substituents is 1. The number of aromatic hydroxyl groups is 1. The van der Waals surface area contributed by atoms with E-state index in [1.54, 1.807) is 18.0 Å². The van der Waals surface area contributed by atoms with Crippen LogP contribution < -0.4 is 0 Å². The first kappa shape index (κ1) is 27.2. The summed E-state index contributed by atoms with van der Waals surface area (Å²) < 4.78 is 9.81. The van der Waals surface area contributed by atoms with Crippen molar-refractivity contribution in [3.05, 3.63) is 47.5 Å². The smallest absolute Gasteiger partial charge is 0.410 e. The maximum absolute atomic E-state index is 13.6. The minimum atomic E-state index is -0.579. The van der Waals surface area contributed by atoms with E-state index in [1.807, 2.05) is 57.8 Å². The molecule has 1 fully saturated rings. The van der Waals surface area contributed by atoms with Crippen molar-refractivity contribution in [2.45, 2.75) is 65.1 Å². The second-order valence-corrected chi connectivity index (χ2v) is 12.7. The minimum Gasteiger partial charge on any atom is -0.506 e. The molecule has 9 heteroatoms. The molecule has 0 radical (unpaired) electrons. The number of para-hydroxylation sites is 1. The summed E-state index contributed by atoms with van der Waals surface area (Å²) in [4.78, 5) is 34.6. The predicted octanol–water partition coefficient (Wildman–Crippen LogP) is 5.56. The Kier molecular flexibility index (Phi) is 6.51. The molecule has 9 nitrogen and oxygen atoms in total. The van der Waals surface area contributed by atoms with Crippen LogP contribution in [-0.4, -0.2) is 72.8 Å². The van der Waals surface area contributed by atoms with Crippen LogP contribution in [0.2, 0.25) is 0 Å². The molecule has 0 bridgehead atoms. The van der Waals surface area contributed by atoms with E-state index in [-0.39, 0.29) is 17.7 Å². The third-order valence-electron chi connectivity index (χ3n) is 8.37. The zero-order valence-electron chi connectivity index (χ0n) is 24.8. The summed E-state index contributed by atoms with van der Waals surface area (Å²) >= 11 is 0. The Labute approximate surface area is 240 Å². The Hall–Kier alpha value is -4.01. The normalized spacial score (nSPS) is 16.3. The molecule has 0 unspecified atom stereocenters. The molecule has 0 spiro atoms. The summed E-state index contributed by atoms with van der Waals surface area (Å²) in [6.07, 6.45) is 2.74. The van der Waals surface area contributed by atoms with Gasteiger partial charge in [0.15, 0.2) is 5.82 Å². The molecule has 41 heavy (non-hydrogen) atoms. The topological polar surface area (TPSA) is 92.8 Å². The summed E-state index contributed by atoms with van der Waals surface area (Å²) in [5, 5.41) is 11.7. The van der Waals surface area contributed by atoms with E-state index in [0.29, 0.717) is 24.6 Å². The Morgan fingerprint density at radius 1 is 1.22 bits per heavy atom. The highest BCUT2D eigenvalue weighted by molar-refractivity contribution is 6.01. The van der Waals surface area contributed by atoms with E-state index in [4.69, 9.17) is 9.72 Å². The van der Waals surface area contributed by atoms with Crippen LogP contribution in [0.25, 0.3) is 33.5 Å². The van der Waals surface area contributed by atoms with Crippen molar-refractivity contribution in [1.82, 2.24) is 23.9 Å². The monoisotopic (exact) mass is 557 g/mol. The second kappa shape index (κ2) is 9.82. The molecule has 2 aliphatic rings. The van der Waals surface area contributed by atoms with Crippen LogP contribution in [0.5, 0.6) is 5.75 Å². The van der Waals surface area contributed by atoms with Crippen LogP contribution in [0.3, 0.4) is 0 Å². The van der Waals surface area contributed by atoms with Gasteiger partial charge >= 0.3 is 6.09 Å². The van der Waals surface area contributed by atoms with E-state index in [1.165, 1.54) is 12.8 Å². The first-order chi connectivity index (χ1) is 19.4. The van der Waals surface area contributed by atoms with Gasteiger partial charge in [-0.05, 0) is 82.7 Å². The highest BCUT2D eigenvalue weighted by atomic mass is 16.6. The van der Waals surface area contributed by atoms with Crippen LogP contribution in [0.1, 0.15) is 56.5 Å². The van der Waals surface area contributed by atoms with Crippen molar-refractivity contribution in [1.29, 1.82) is 0 Å². The number of likely N-dealkylation sites (N-methyl/N-ethyl adjacent to an activating group) is 1. The van der Waals surface area contributed by atoms with Crippen molar-refractivity contribution in [2.24, 2.45) is 13.0 Å². The van der Waals surface area contributed by atoms with Gasteiger partial charge in [-0.2, -0.15) is 0 Å². The van der Waals surface area contributed by atoms with Gasteiger partial charge in [0.2, 0.25) is 0 Å². The van der Waals surface area contributed by atoms with Gasteiger partial charge in [0, 0.05) is 50.7 Å². The lowest BCUT2D eigenvalue weighted by Crippen LogP contribution is -2.48. The largest absolute Gasteiger partial charge is 0.506 e. The Bertz CT molecular complexity index is 1670. The highest BCUT2D eigenvalue weighted by Crippen LogP contribution is 2.39. The van der Waals surface area contributed by atoms with Crippen molar-refractivity contribution in [3.8, 4) is 17.3 Å². The molecule has 0 saturated heterocycles. The number of amides is 2. The molecule has 2 amide bonds. The summed E-state index contributed by atoms with van der Waals surface area (Å²) in [6, 6.07) is 11.5. The molecule has 4 aromatic rings. The average molecular weight is 558 g/mol. The number of aromatic nitrogens is 3. The van der Waals surface area contributed by atoms with Gasteiger partial charge in [-0.15, -0.1) is 0 Å². The standard InChI is InChI=1S/C32H39N5O4/c1-19(34(5)31(40)41-32(2,3)4)17-36-13-12-21-14-25-24(16-23(21)30(36)39)33-29(35(25)6)26-15-22-8-7-9-27(38)28(22)37(26)18-20-10-11-20/h7-9,14-16,19-20,38H,10-13,17-18H2,1-6H3/t19-/m1/s1. The summed E-state index contributed by atoms with van der Waals surface area (Å²) in [5.41, 5.74) is 4.65. The second-order valence-electron chi connectivity index (χ2n) is 12.7. The molecule has 1 atom stereocenters. The Balaban J connectivity index is 1.31. The van der Waals surface area contributed by atoms with Crippen molar-refractivity contribution >= 4 is 33.9 Å². The molecular formula is C32H39N5O4. The van der Waals surface area contributed by atoms with Crippen molar-refractivity contribution < 1.29 is 19.4 Å². The van der Waals surface area contributed by atoms with Crippen molar-refractivity contribution in [3.63, 3.8) is 0 Å². The van der Waals surface area contributed by atoms with Crippen LogP contribution in [0.15, 0.2) is 36.4 Å². The summed E-state index contributed by atoms with van der Waals surface area (Å²) in [6.45, 7) is 9.31. The molecule has 2 aromatic heterocycles. The lowest BCUT2D eigenvalue weighted by atomic mass is 9.97. The fourth-order valence-corrected chi connectivity index (χ4v) is 5.81. The van der Waals surface area contributed by atoms with E-state index >= 15 is 0 Å². The van der Waals surface area contributed by atoms with E-state index in [2.05, 4.69) is 21.3 Å². The lowest BCUT2D eigenvalue weighted by molar-refractivity contribution is 0.0197. The van der Waals surface area contributed by atoms with Crippen LogP contribution >= 0.6 is 0 Å². The Morgan fingerprint density at radius 2 is 1.98 bits per heavy atom. The number of fused-ring (bicyclic) bond motifs is 3. The Morgan fingerprint density at radius 3 is 2.68 bits per heavy atom. The third kappa shape index (κ3) is 5.02. The number of ether oxygens (including phenoxy) is 1. The minimum absolute atomic E-state index is 0.0439. The molecular weight excluding hydrogens is 518 g/mol. The zero-order valence-corrected chi connectivity index (χ0v) is 24.8. The van der Waals surface area contributed by atoms with Gasteiger partial charge in [-0.3, -0.25) is 4.79 Å². The zero-order chi connectivity index (χ0) is 29.2. The number of carbonyl (C=O) groups is 2. The van der Waals surface area contributed by atoms with Gasteiger partial charge in [0.25, 0.3) is 5.91 Å². The number of hydrogen-bond donors (Lipinski definition) is 1. The molecule has 1 aliphatic heterocycles. The first-order valence-corrected chi connectivity index (χ1v) is 14.5. The van der Waals surface area contributed by atoms with E-state index in [0.717, 1.165) is 52.0 Å². The van der Waals surface area contributed by atoms with E-state index < -0.39 is 11.7 Å². The fourth-order valence-electron chi connectivity index (χ4n) is 5.81.